The van der Waals surface area contributed by atoms with Crippen LogP contribution < -0.4 is 0 Å². The van der Waals surface area contributed by atoms with Crippen molar-refractivity contribution in [3.8, 4) is 0 Å². The summed E-state index contributed by atoms with van der Waals surface area (Å²) in [5.41, 5.74) is 1.27. The standard InChI is InChI=1S/C20H30NO4/c1-21(2,3)12-13-25-20(23)18(19(22)24-4)17-11-10-16(14-17)15-8-6-5-7-9-15/h5-9,16-18H,10-14H2,1-4H3/q+1. The molecule has 2 rings (SSSR count). The summed E-state index contributed by atoms with van der Waals surface area (Å²) >= 11 is 0. The third-order valence-electron chi connectivity index (χ3n) is 4.93. The van der Waals surface area contributed by atoms with Crippen molar-refractivity contribution in [3.05, 3.63) is 35.9 Å². The number of nitrogens with zero attached hydrogens (tertiary/aromatic N) is 1. The Kier molecular flexibility index (Phi) is 6.59. The first-order valence-electron chi connectivity index (χ1n) is 8.91. The quantitative estimate of drug-likeness (QED) is 0.432. The number of carbonyl (C=O) groups excluding carboxylic acids is 2. The highest BCUT2D eigenvalue weighted by Crippen LogP contribution is 2.42. The number of esters is 2. The predicted molar refractivity (Wildman–Crippen MR) is 95.9 cm³/mol. The molecule has 0 spiro atoms. The Morgan fingerprint density at radius 1 is 1.12 bits per heavy atom. The summed E-state index contributed by atoms with van der Waals surface area (Å²) in [4.78, 5) is 24.7. The molecule has 0 bridgehead atoms. The van der Waals surface area contributed by atoms with E-state index in [1.54, 1.807) is 0 Å². The van der Waals surface area contributed by atoms with Crippen LogP contribution in [0.1, 0.15) is 30.7 Å². The smallest absolute Gasteiger partial charge is 0.320 e. The number of methoxy groups -OCH3 is 1. The van der Waals surface area contributed by atoms with E-state index < -0.39 is 17.9 Å². The first kappa shape index (κ1) is 19.4. The van der Waals surface area contributed by atoms with Gasteiger partial charge in [-0.05, 0) is 36.7 Å². The molecule has 0 N–H and O–H groups in total. The fourth-order valence-electron chi connectivity index (χ4n) is 3.47. The zero-order valence-electron chi connectivity index (χ0n) is 15.7. The molecule has 0 radical (unpaired) electrons. The van der Waals surface area contributed by atoms with Crippen molar-refractivity contribution in [2.75, 3.05) is 41.4 Å². The van der Waals surface area contributed by atoms with E-state index in [2.05, 4.69) is 12.1 Å². The van der Waals surface area contributed by atoms with Crippen LogP contribution in [0.25, 0.3) is 0 Å². The molecule has 3 unspecified atom stereocenters. The zero-order chi connectivity index (χ0) is 18.4. The van der Waals surface area contributed by atoms with Crippen molar-refractivity contribution in [1.29, 1.82) is 0 Å². The van der Waals surface area contributed by atoms with Gasteiger partial charge in [-0.1, -0.05) is 30.3 Å². The van der Waals surface area contributed by atoms with Gasteiger partial charge in [0, 0.05) is 0 Å². The third-order valence-corrected chi connectivity index (χ3v) is 4.93. The van der Waals surface area contributed by atoms with Crippen LogP contribution in [0.3, 0.4) is 0 Å². The van der Waals surface area contributed by atoms with Crippen molar-refractivity contribution in [2.45, 2.75) is 25.2 Å². The molecule has 0 aliphatic heterocycles. The lowest BCUT2D eigenvalue weighted by Gasteiger charge is -2.25. The second kappa shape index (κ2) is 8.48. The first-order valence-corrected chi connectivity index (χ1v) is 8.91. The minimum atomic E-state index is -0.814. The molecule has 5 heteroatoms. The second-order valence-corrected chi connectivity index (χ2v) is 7.86. The molecular formula is C20H30NO4+. The topological polar surface area (TPSA) is 52.6 Å². The van der Waals surface area contributed by atoms with Crippen molar-refractivity contribution in [3.63, 3.8) is 0 Å². The molecule has 0 saturated heterocycles. The van der Waals surface area contributed by atoms with Gasteiger partial charge in [-0.25, -0.2) is 0 Å². The minimum absolute atomic E-state index is 0.0192. The highest BCUT2D eigenvalue weighted by Gasteiger charge is 2.41. The van der Waals surface area contributed by atoms with E-state index >= 15 is 0 Å². The summed E-state index contributed by atoms with van der Waals surface area (Å²) in [7, 11) is 7.44. The van der Waals surface area contributed by atoms with Gasteiger partial charge in [-0.2, -0.15) is 0 Å². The molecule has 1 aliphatic carbocycles. The fourth-order valence-corrected chi connectivity index (χ4v) is 3.47. The highest BCUT2D eigenvalue weighted by atomic mass is 16.5. The maximum Gasteiger partial charge on any atom is 0.320 e. The maximum absolute atomic E-state index is 12.5. The van der Waals surface area contributed by atoms with E-state index in [4.69, 9.17) is 9.47 Å². The number of benzene rings is 1. The number of likely N-dealkylation sites (N-methyl/N-ethyl adjacent to an activating group) is 1. The normalized spacial score (nSPS) is 21.6. The summed E-state index contributed by atoms with van der Waals surface area (Å²) < 4.78 is 11.0. The summed E-state index contributed by atoms with van der Waals surface area (Å²) in [6, 6.07) is 10.3. The second-order valence-electron chi connectivity index (χ2n) is 7.86. The Morgan fingerprint density at radius 3 is 2.40 bits per heavy atom. The Morgan fingerprint density at radius 2 is 1.80 bits per heavy atom. The largest absolute Gasteiger partial charge is 0.468 e. The lowest BCUT2D eigenvalue weighted by Crippen LogP contribution is -2.39. The number of hydrogen-bond donors (Lipinski definition) is 0. The van der Waals surface area contributed by atoms with Gasteiger partial charge >= 0.3 is 11.9 Å². The molecule has 0 amide bonds. The number of quaternary nitrogens is 1. The number of rotatable bonds is 7. The van der Waals surface area contributed by atoms with Gasteiger partial charge in [-0.3, -0.25) is 9.59 Å². The van der Waals surface area contributed by atoms with Gasteiger partial charge in [0.15, 0.2) is 5.92 Å². The minimum Gasteiger partial charge on any atom is -0.468 e. The van der Waals surface area contributed by atoms with Crippen LogP contribution in [-0.2, 0) is 19.1 Å². The van der Waals surface area contributed by atoms with Crippen LogP contribution in [0.15, 0.2) is 30.3 Å². The van der Waals surface area contributed by atoms with Gasteiger partial charge in [0.05, 0.1) is 28.3 Å². The molecule has 1 fully saturated rings. The predicted octanol–water partition coefficient (Wildman–Crippen LogP) is 2.61. The molecule has 138 valence electrons. The molecule has 1 aromatic carbocycles. The van der Waals surface area contributed by atoms with Gasteiger partial charge in [-0.15, -0.1) is 0 Å². The lowest BCUT2D eigenvalue weighted by atomic mass is 9.88. The van der Waals surface area contributed by atoms with Gasteiger partial charge in [0.25, 0.3) is 0 Å². The monoisotopic (exact) mass is 348 g/mol. The van der Waals surface area contributed by atoms with Crippen LogP contribution >= 0.6 is 0 Å². The van der Waals surface area contributed by atoms with E-state index in [-0.39, 0.29) is 5.92 Å². The number of carbonyl (C=O) groups is 2. The van der Waals surface area contributed by atoms with Gasteiger partial charge in [0.2, 0.25) is 0 Å². The number of ether oxygens (including phenoxy) is 2. The molecule has 5 nitrogen and oxygen atoms in total. The average molecular weight is 348 g/mol. The van der Waals surface area contributed by atoms with Crippen LogP contribution in [0, 0.1) is 11.8 Å². The molecule has 3 atom stereocenters. The molecule has 25 heavy (non-hydrogen) atoms. The van der Waals surface area contributed by atoms with Crippen molar-refractivity contribution in [1.82, 2.24) is 0 Å². The van der Waals surface area contributed by atoms with E-state index in [1.165, 1.54) is 12.7 Å². The fraction of sp³-hybridized carbons (Fsp3) is 0.600. The van der Waals surface area contributed by atoms with Crippen molar-refractivity contribution >= 4 is 11.9 Å². The molecular weight excluding hydrogens is 318 g/mol. The Bertz CT molecular complexity index is 579. The summed E-state index contributed by atoms with van der Waals surface area (Å²) in [5, 5.41) is 0. The lowest BCUT2D eigenvalue weighted by molar-refractivity contribution is -0.870. The highest BCUT2D eigenvalue weighted by molar-refractivity contribution is 5.95. The first-order chi connectivity index (χ1) is 11.8. The molecule has 0 aromatic heterocycles. The van der Waals surface area contributed by atoms with E-state index in [9.17, 15) is 9.59 Å². The van der Waals surface area contributed by atoms with Gasteiger partial charge in [0.1, 0.15) is 13.2 Å². The Hall–Kier alpha value is -1.88. The van der Waals surface area contributed by atoms with Gasteiger partial charge < -0.3 is 14.0 Å². The molecule has 1 saturated carbocycles. The summed E-state index contributed by atoms with van der Waals surface area (Å²) in [6.45, 7) is 1.02. The van der Waals surface area contributed by atoms with E-state index in [0.717, 1.165) is 19.3 Å². The molecule has 1 aliphatic rings. The van der Waals surface area contributed by atoms with Crippen LogP contribution in [0.5, 0.6) is 0 Å². The maximum atomic E-state index is 12.5. The summed E-state index contributed by atoms with van der Waals surface area (Å²) in [6.07, 6.45) is 2.63. The van der Waals surface area contributed by atoms with Crippen molar-refractivity contribution < 1.29 is 23.5 Å². The summed E-state index contributed by atoms with van der Waals surface area (Å²) in [5.74, 6) is -1.37. The Balaban J connectivity index is 2.00. The Labute approximate surface area is 150 Å². The van der Waals surface area contributed by atoms with E-state index in [1.807, 2.05) is 39.3 Å². The SMILES string of the molecule is COC(=O)C(C(=O)OCC[N+](C)(C)C)C1CCC(c2ccccc2)C1. The van der Waals surface area contributed by atoms with Crippen molar-refractivity contribution in [2.24, 2.45) is 11.8 Å². The third kappa shape index (κ3) is 5.56. The molecule has 1 aromatic rings. The average Bonchev–Trinajstić information content (AvgIpc) is 3.04. The molecule has 0 heterocycles. The van der Waals surface area contributed by atoms with Crippen LogP contribution in [0.4, 0.5) is 0 Å². The van der Waals surface area contributed by atoms with E-state index in [0.29, 0.717) is 23.6 Å². The zero-order valence-corrected chi connectivity index (χ0v) is 15.7. The van der Waals surface area contributed by atoms with Crippen LogP contribution in [0.2, 0.25) is 0 Å². The number of hydrogen-bond acceptors (Lipinski definition) is 4. The van der Waals surface area contributed by atoms with Crippen LogP contribution in [-0.4, -0.2) is 57.8 Å².